The first-order chi connectivity index (χ1) is 7.47. The van der Waals surface area contributed by atoms with Crippen molar-refractivity contribution in [2.24, 2.45) is 0 Å². The maximum absolute atomic E-state index is 12.8. The van der Waals surface area contributed by atoms with Gasteiger partial charge in [0.1, 0.15) is 5.82 Å². The van der Waals surface area contributed by atoms with E-state index >= 15 is 0 Å². The summed E-state index contributed by atoms with van der Waals surface area (Å²) in [5, 5.41) is 8.57. The molecule has 0 unspecified atom stereocenters. The van der Waals surface area contributed by atoms with Crippen molar-refractivity contribution in [3.05, 3.63) is 22.9 Å². The number of carboxylic acid groups (broad SMARTS) is 1. The Labute approximate surface area is 95.0 Å². The Morgan fingerprint density at radius 2 is 2.25 bits per heavy atom. The van der Waals surface area contributed by atoms with Crippen LogP contribution in [0.4, 0.5) is 14.6 Å². The molecule has 0 aliphatic heterocycles. The zero-order valence-corrected chi connectivity index (χ0v) is 8.84. The number of hydrogen-bond acceptors (Lipinski definition) is 3. The van der Waals surface area contributed by atoms with Crippen LogP contribution in [0.1, 0.15) is 23.1 Å². The molecular weight excluding hydrogens is 242 g/mol. The van der Waals surface area contributed by atoms with Crippen LogP contribution in [-0.2, 0) is 17.1 Å². The molecule has 4 nitrogen and oxygen atoms in total. The van der Waals surface area contributed by atoms with Gasteiger partial charge in [-0.2, -0.15) is 0 Å². The number of aliphatic carboxylic acids is 1. The Bertz CT molecular complexity index is 413. The zero-order chi connectivity index (χ0) is 12.3. The predicted molar refractivity (Wildman–Crippen MR) is 54.5 cm³/mol. The molecule has 0 fully saturated rings. The van der Waals surface area contributed by atoms with Crippen molar-refractivity contribution < 1.29 is 18.7 Å². The fraction of sp³-hybridized carbons (Fsp3) is 0.333. The summed E-state index contributed by atoms with van der Waals surface area (Å²) >= 11 is 5.49. The lowest BCUT2D eigenvalue weighted by Gasteiger charge is -2.12. The number of rotatable bonds is 4. The molecule has 0 spiro atoms. The molecule has 7 heteroatoms. The number of alkyl halides is 3. The van der Waals surface area contributed by atoms with E-state index in [0.29, 0.717) is 0 Å². The van der Waals surface area contributed by atoms with E-state index in [-0.39, 0.29) is 22.8 Å². The molecule has 0 saturated carbocycles. The van der Waals surface area contributed by atoms with Crippen molar-refractivity contribution in [1.82, 2.24) is 4.98 Å². The van der Waals surface area contributed by atoms with E-state index < -0.39 is 24.4 Å². The molecule has 0 amide bonds. The summed E-state index contributed by atoms with van der Waals surface area (Å²) < 4.78 is 25.5. The summed E-state index contributed by atoms with van der Waals surface area (Å²) in [7, 11) is 0. The van der Waals surface area contributed by atoms with E-state index in [1.54, 1.807) is 0 Å². The molecule has 0 aliphatic carbocycles. The van der Waals surface area contributed by atoms with Crippen molar-refractivity contribution in [3.8, 4) is 0 Å². The van der Waals surface area contributed by atoms with E-state index in [4.69, 9.17) is 22.4 Å². The molecule has 0 bridgehead atoms. The SMILES string of the molecule is Nc1ncc(CC(=O)O)c(C(F)F)c1CCl. The average Bonchev–Trinajstić information content (AvgIpc) is 2.18. The summed E-state index contributed by atoms with van der Waals surface area (Å²) in [5.74, 6) is -1.54. The molecule has 0 radical (unpaired) electrons. The van der Waals surface area contributed by atoms with Gasteiger partial charge in [0, 0.05) is 17.3 Å². The Morgan fingerprint density at radius 1 is 1.62 bits per heavy atom. The highest BCUT2D eigenvalue weighted by atomic mass is 35.5. The predicted octanol–water partition coefficient (Wildman–Crippen LogP) is 1.97. The minimum Gasteiger partial charge on any atom is -0.481 e. The second-order valence-corrected chi connectivity index (χ2v) is 3.33. The van der Waals surface area contributed by atoms with Crippen molar-refractivity contribution in [2.75, 3.05) is 5.73 Å². The molecule has 1 aromatic rings. The molecule has 16 heavy (non-hydrogen) atoms. The fourth-order valence-corrected chi connectivity index (χ4v) is 1.62. The number of anilines is 1. The van der Waals surface area contributed by atoms with Crippen LogP contribution in [0.15, 0.2) is 6.20 Å². The van der Waals surface area contributed by atoms with Gasteiger partial charge in [-0.05, 0) is 5.56 Å². The monoisotopic (exact) mass is 250 g/mol. The van der Waals surface area contributed by atoms with Gasteiger partial charge >= 0.3 is 5.97 Å². The number of nitrogen functional groups attached to an aromatic ring is 1. The lowest BCUT2D eigenvalue weighted by atomic mass is 10.0. The van der Waals surface area contributed by atoms with Crippen molar-refractivity contribution in [3.63, 3.8) is 0 Å². The van der Waals surface area contributed by atoms with Crippen LogP contribution >= 0.6 is 11.6 Å². The normalized spacial score (nSPS) is 10.8. The minimum absolute atomic E-state index is 0.00424. The number of hydrogen-bond donors (Lipinski definition) is 2. The molecule has 0 aromatic carbocycles. The van der Waals surface area contributed by atoms with Gasteiger partial charge in [-0.15, -0.1) is 11.6 Å². The molecule has 88 valence electrons. The molecule has 3 N–H and O–H groups in total. The van der Waals surface area contributed by atoms with Gasteiger partial charge in [0.15, 0.2) is 0 Å². The highest BCUT2D eigenvalue weighted by Gasteiger charge is 2.21. The van der Waals surface area contributed by atoms with Crippen LogP contribution in [-0.4, -0.2) is 16.1 Å². The van der Waals surface area contributed by atoms with Crippen molar-refractivity contribution in [2.45, 2.75) is 18.7 Å². The molecule has 0 atom stereocenters. The molecular formula is C9H9ClF2N2O2. The summed E-state index contributed by atoms with van der Waals surface area (Å²) in [6.45, 7) is 0. The first-order valence-corrected chi connectivity index (χ1v) is 4.82. The van der Waals surface area contributed by atoms with E-state index in [0.717, 1.165) is 6.20 Å². The van der Waals surface area contributed by atoms with Gasteiger partial charge in [-0.1, -0.05) is 0 Å². The molecule has 0 aliphatic rings. The Morgan fingerprint density at radius 3 is 2.69 bits per heavy atom. The van der Waals surface area contributed by atoms with E-state index in [2.05, 4.69) is 4.98 Å². The number of nitrogens with two attached hydrogens (primary N) is 1. The first-order valence-electron chi connectivity index (χ1n) is 4.29. The Hall–Kier alpha value is -1.43. The first kappa shape index (κ1) is 12.6. The third-order valence-corrected chi connectivity index (χ3v) is 2.30. The van der Waals surface area contributed by atoms with Crippen LogP contribution in [0.2, 0.25) is 0 Å². The second kappa shape index (κ2) is 5.07. The fourth-order valence-electron chi connectivity index (χ4n) is 1.34. The Kier molecular flexibility index (Phi) is 4.00. The largest absolute Gasteiger partial charge is 0.481 e. The standard InChI is InChI=1S/C9H9ClF2N2O2/c10-2-5-7(8(11)12)4(1-6(15)16)3-14-9(5)13/h3,8H,1-2H2,(H2,13,14)(H,15,16). The number of pyridine rings is 1. The smallest absolute Gasteiger partial charge is 0.307 e. The topological polar surface area (TPSA) is 76.2 Å². The van der Waals surface area contributed by atoms with Gasteiger partial charge in [-0.3, -0.25) is 4.79 Å². The summed E-state index contributed by atoms with van der Waals surface area (Å²) in [6, 6.07) is 0. The van der Waals surface area contributed by atoms with Gasteiger partial charge in [0.05, 0.1) is 12.3 Å². The highest BCUT2D eigenvalue weighted by Crippen LogP contribution is 2.30. The second-order valence-electron chi connectivity index (χ2n) is 3.07. The van der Waals surface area contributed by atoms with E-state index in [1.165, 1.54) is 0 Å². The lowest BCUT2D eigenvalue weighted by Crippen LogP contribution is -2.10. The van der Waals surface area contributed by atoms with Crippen LogP contribution in [0.25, 0.3) is 0 Å². The zero-order valence-electron chi connectivity index (χ0n) is 8.08. The van der Waals surface area contributed by atoms with Gasteiger partial charge < -0.3 is 10.8 Å². The molecule has 1 heterocycles. The summed E-state index contributed by atoms with van der Waals surface area (Å²) in [6.07, 6.45) is -2.31. The molecule has 1 aromatic heterocycles. The van der Waals surface area contributed by atoms with Gasteiger partial charge in [0.2, 0.25) is 0 Å². The van der Waals surface area contributed by atoms with Gasteiger partial charge in [-0.25, -0.2) is 13.8 Å². The third kappa shape index (κ3) is 2.57. The third-order valence-electron chi connectivity index (χ3n) is 2.03. The molecule has 1 rings (SSSR count). The van der Waals surface area contributed by atoms with Crippen LogP contribution < -0.4 is 5.73 Å². The Balaban J connectivity index is 3.32. The van der Waals surface area contributed by atoms with E-state index in [9.17, 15) is 13.6 Å². The maximum Gasteiger partial charge on any atom is 0.307 e. The summed E-state index contributed by atoms with van der Waals surface area (Å²) in [5.41, 5.74) is 4.90. The van der Waals surface area contributed by atoms with Crippen LogP contribution in [0.5, 0.6) is 0 Å². The van der Waals surface area contributed by atoms with Gasteiger partial charge in [0.25, 0.3) is 6.43 Å². The minimum atomic E-state index is -2.83. The molecule has 0 saturated heterocycles. The highest BCUT2D eigenvalue weighted by molar-refractivity contribution is 6.17. The number of carboxylic acids is 1. The summed E-state index contributed by atoms with van der Waals surface area (Å²) in [4.78, 5) is 14.1. The number of nitrogens with zero attached hydrogens (tertiary/aromatic N) is 1. The lowest BCUT2D eigenvalue weighted by molar-refractivity contribution is -0.136. The van der Waals surface area contributed by atoms with Crippen molar-refractivity contribution >= 4 is 23.4 Å². The van der Waals surface area contributed by atoms with Crippen LogP contribution in [0, 0.1) is 0 Å². The maximum atomic E-state index is 12.8. The number of carbonyl (C=O) groups is 1. The quantitative estimate of drug-likeness (QED) is 0.801. The number of halogens is 3. The van der Waals surface area contributed by atoms with Crippen molar-refractivity contribution in [1.29, 1.82) is 0 Å². The van der Waals surface area contributed by atoms with E-state index in [1.807, 2.05) is 0 Å². The van der Waals surface area contributed by atoms with Crippen LogP contribution in [0.3, 0.4) is 0 Å². The number of aromatic nitrogens is 1. The average molecular weight is 251 g/mol.